The van der Waals surface area contributed by atoms with Gasteiger partial charge in [0.15, 0.2) is 0 Å². The van der Waals surface area contributed by atoms with Gasteiger partial charge < -0.3 is 5.32 Å². The molecule has 0 saturated carbocycles. The summed E-state index contributed by atoms with van der Waals surface area (Å²) in [4.78, 5) is 12.2. The van der Waals surface area contributed by atoms with E-state index in [9.17, 15) is 4.79 Å². The number of nitrogens with one attached hydrogen (secondary N) is 1. The summed E-state index contributed by atoms with van der Waals surface area (Å²) in [5, 5.41) is 3.01. The third-order valence-corrected chi connectivity index (χ3v) is 4.32. The first kappa shape index (κ1) is 17.5. The van der Waals surface area contributed by atoms with Crippen molar-refractivity contribution in [3.8, 4) is 0 Å². The van der Waals surface area contributed by atoms with Gasteiger partial charge in [-0.25, -0.2) is 0 Å². The number of amides is 1. The van der Waals surface area contributed by atoms with Gasteiger partial charge >= 0.3 is 0 Å². The molecule has 0 spiro atoms. The lowest BCUT2D eigenvalue weighted by atomic mass is 9.85. The number of carbonyl (C=O) groups excluding carboxylic acids is 1. The molecule has 1 rings (SSSR count). The van der Waals surface area contributed by atoms with Gasteiger partial charge in [0.25, 0.3) is 0 Å². The summed E-state index contributed by atoms with van der Waals surface area (Å²) in [6.45, 7) is 14.4. The number of aryl methyl sites for hydroxylation is 1. The Morgan fingerprint density at radius 3 is 2.19 bits per heavy atom. The van der Waals surface area contributed by atoms with Crippen molar-refractivity contribution in [1.29, 1.82) is 0 Å². The van der Waals surface area contributed by atoms with Crippen LogP contribution in [0.3, 0.4) is 0 Å². The Labute approximate surface area is 129 Å². The SMILES string of the molecule is C=C(C)CCc1ccc(NC(=O)C(C)C(C)C(C)C)cc1. The third kappa shape index (κ3) is 5.74. The highest BCUT2D eigenvalue weighted by Gasteiger charge is 2.22. The quantitative estimate of drug-likeness (QED) is 0.698. The van der Waals surface area contributed by atoms with Crippen LogP contribution in [0.25, 0.3) is 0 Å². The Hall–Kier alpha value is -1.57. The first-order chi connectivity index (χ1) is 9.81. The summed E-state index contributed by atoms with van der Waals surface area (Å²) < 4.78 is 0. The summed E-state index contributed by atoms with van der Waals surface area (Å²) in [6, 6.07) is 8.13. The van der Waals surface area contributed by atoms with Gasteiger partial charge in [-0.15, -0.1) is 6.58 Å². The first-order valence-corrected chi connectivity index (χ1v) is 7.85. The van der Waals surface area contributed by atoms with Crippen molar-refractivity contribution in [3.63, 3.8) is 0 Å². The van der Waals surface area contributed by atoms with Crippen molar-refractivity contribution in [2.45, 2.75) is 47.5 Å². The fraction of sp³-hybridized carbons (Fsp3) is 0.526. The maximum atomic E-state index is 12.2. The van der Waals surface area contributed by atoms with Crippen molar-refractivity contribution in [3.05, 3.63) is 42.0 Å². The Kier molecular flexibility index (Phi) is 6.67. The average Bonchev–Trinajstić information content (AvgIpc) is 2.44. The molecule has 1 aromatic carbocycles. The molecule has 0 aliphatic rings. The molecule has 0 radical (unpaired) electrons. The van der Waals surface area contributed by atoms with Gasteiger partial charge in [-0.3, -0.25) is 4.79 Å². The van der Waals surface area contributed by atoms with Crippen LogP contribution in [0.5, 0.6) is 0 Å². The van der Waals surface area contributed by atoms with E-state index in [1.807, 2.05) is 26.0 Å². The van der Waals surface area contributed by atoms with Crippen LogP contribution >= 0.6 is 0 Å². The van der Waals surface area contributed by atoms with Crippen LogP contribution in [-0.2, 0) is 11.2 Å². The highest BCUT2D eigenvalue weighted by molar-refractivity contribution is 5.92. The molecule has 0 heterocycles. The van der Waals surface area contributed by atoms with Crippen molar-refractivity contribution >= 4 is 11.6 Å². The normalized spacial score (nSPS) is 13.8. The Balaban J connectivity index is 2.59. The molecule has 1 N–H and O–H groups in total. The van der Waals surface area contributed by atoms with E-state index in [-0.39, 0.29) is 11.8 Å². The molecule has 0 saturated heterocycles. The highest BCUT2D eigenvalue weighted by atomic mass is 16.1. The molecule has 21 heavy (non-hydrogen) atoms. The highest BCUT2D eigenvalue weighted by Crippen LogP contribution is 2.22. The van der Waals surface area contributed by atoms with Gasteiger partial charge in [-0.1, -0.05) is 45.4 Å². The standard InChI is InChI=1S/C19H29NO/c1-13(2)7-8-17-9-11-18(12-10-17)20-19(21)16(6)15(5)14(3)4/h9-12,14-16H,1,7-8H2,2-6H3,(H,20,21). The smallest absolute Gasteiger partial charge is 0.227 e. The molecule has 1 amide bonds. The van der Waals surface area contributed by atoms with Crippen LogP contribution in [0.15, 0.2) is 36.4 Å². The second-order valence-electron chi connectivity index (χ2n) is 6.54. The number of rotatable bonds is 7. The van der Waals surface area contributed by atoms with Gasteiger partial charge in [-0.2, -0.15) is 0 Å². The lowest BCUT2D eigenvalue weighted by Crippen LogP contribution is -2.28. The van der Waals surface area contributed by atoms with Crippen molar-refractivity contribution in [1.82, 2.24) is 0 Å². The topological polar surface area (TPSA) is 29.1 Å². The predicted octanol–water partition coefficient (Wildman–Crippen LogP) is 5.06. The Bertz CT molecular complexity index is 473. The van der Waals surface area contributed by atoms with Gasteiger partial charge in [0.1, 0.15) is 0 Å². The van der Waals surface area contributed by atoms with Crippen LogP contribution in [-0.4, -0.2) is 5.91 Å². The van der Waals surface area contributed by atoms with Crippen LogP contribution in [0, 0.1) is 17.8 Å². The molecule has 2 heteroatoms. The average molecular weight is 287 g/mol. The van der Waals surface area contributed by atoms with Crippen LogP contribution in [0.4, 0.5) is 5.69 Å². The van der Waals surface area contributed by atoms with Crippen LogP contribution in [0.2, 0.25) is 0 Å². The molecule has 2 nitrogen and oxygen atoms in total. The zero-order chi connectivity index (χ0) is 16.0. The van der Waals surface area contributed by atoms with E-state index in [1.165, 1.54) is 11.1 Å². The van der Waals surface area contributed by atoms with Crippen molar-refractivity contribution < 1.29 is 4.79 Å². The Morgan fingerprint density at radius 2 is 1.71 bits per heavy atom. The number of hydrogen-bond acceptors (Lipinski definition) is 1. The molecule has 0 aromatic heterocycles. The van der Waals surface area contributed by atoms with E-state index in [0.717, 1.165) is 18.5 Å². The summed E-state index contributed by atoms with van der Waals surface area (Å²) in [7, 11) is 0. The van der Waals surface area contributed by atoms with Gasteiger partial charge in [0.05, 0.1) is 0 Å². The number of carbonyl (C=O) groups is 1. The molecule has 0 aliphatic carbocycles. The van der Waals surface area contributed by atoms with Crippen LogP contribution < -0.4 is 5.32 Å². The van der Waals surface area contributed by atoms with Gasteiger partial charge in [0.2, 0.25) is 5.91 Å². The molecule has 2 unspecified atom stereocenters. The van der Waals surface area contributed by atoms with Crippen molar-refractivity contribution in [2.75, 3.05) is 5.32 Å². The Morgan fingerprint density at radius 1 is 1.14 bits per heavy atom. The molecule has 116 valence electrons. The number of benzene rings is 1. The summed E-state index contributed by atoms with van der Waals surface area (Å²) in [6.07, 6.45) is 2.01. The number of allylic oxidation sites excluding steroid dienone is 1. The van der Waals surface area contributed by atoms with E-state index in [0.29, 0.717) is 11.8 Å². The van der Waals surface area contributed by atoms with Gasteiger partial charge in [0, 0.05) is 11.6 Å². The largest absolute Gasteiger partial charge is 0.326 e. The van der Waals surface area contributed by atoms with Gasteiger partial charge in [-0.05, 0) is 49.3 Å². The number of hydrogen-bond donors (Lipinski definition) is 1. The molecule has 1 aromatic rings. The van der Waals surface area contributed by atoms with E-state index >= 15 is 0 Å². The minimum Gasteiger partial charge on any atom is -0.326 e. The second-order valence-corrected chi connectivity index (χ2v) is 6.54. The summed E-state index contributed by atoms with van der Waals surface area (Å²) in [5.41, 5.74) is 3.35. The van der Waals surface area contributed by atoms with E-state index in [4.69, 9.17) is 0 Å². The summed E-state index contributed by atoms with van der Waals surface area (Å²) in [5.74, 6) is 1.01. The zero-order valence-corrected chi connectivity index (χ0v) is 14.1. The van der Waals surface area contributed by atoms with E-state index in [1.54, 1.807) is 0 Å². The third-order valence-electron chi connectivity index (χ3n) is 4.32. The van der Waals surface area contributed by atoms with Crippen LogP contribution in [0.1, 0.15) is 46.6 Å². The van der Waals surface area contributed by atoms with E-state index in [2.05, 4.69) is 44.8 Å². The molecule has 0 bridgehead atoms. The first-order valence-electron chi connectivity index (χ1n) is 7.85. The summed E-state index contributed by atoms with van der Waals surface area (Å²) >= 11 is 0. The fourth-order valence-corrected chi connectivity index (χ4v) is 2.18. The lowest BCUT2D eigenvalue weighted by molar-refractivity contribution is -0.121. The molecule has 2 atom stereocenters. The van der Waals surface area contributed by atoms with E-state index < -0.39 is 0 Å². The number of anilines is 1. The second kappa shape index (κ2) is 8.02. The monoisotopic (exact) mass is 287 g/mol. The minimum absolute atomic E-state index is 0.0214. The maximum Gasteiger partial charge on any atom is 0.227 e. The fourth-order valence-electron chi connectivity index (χ4n) is 2.18. The molecular weight excluding hydrogens is 258 g/mol. The minimum atomic E-state index is 0.0214. The predicted molar refractivity (Wildman–Crippen MR) is 91.4 cm³/mol. The molecule has 0 fully saturated rings. The zero-order valence-electron chi connectivity index (χ0n) is 14.1. The maximum absolute atomic E-state index is 12.2. The molecular formula is C19H29NO. The lowest BCUT2D eigenvalue weighted by Gasteiger charge is -2.22. The van der Waals surface area contributed by atoms with Crippen molar-refractivity contribution in [2.24, 2.45) is 17.8 Å². The molecule has 0 aliphatic heterocycles.